The molecular weight excluding hydrogens is 491 g/mol. The van der Waals surface area contributed by atoms with E-state index in [-0.39, 0.29) is 11.9 Å². The lowest BCUT2D eigenvalue weighted by atomic mass is 9.98. The number of hydrazone groups is 1. The maximum Gasteiger partial charge on any atom is 0.312 e. The second kappa shape index (κ2) is 12.3. The zero-order valence-corrected chi connectivity index (χ0v) is 22.5. The van der Waals surface area contributed by atoms with E-state index in [4.69, 9.17) is 39.9 Å². The Hall–Kier alpha value is -1.79. The third-order valence-electron chi connectivity index (χ3n) is 6.52. The molecule has 0 aromatic heterocycles. The Morgan fingerprint density at radius 1 is 1.09 bits per heavy atom. The van der Waals surface area contributed by atoms with Gasteiger partial charge >= 0.3 is 5.91 Å². The van der Waals surface area contributed by atoms with E-state index in [1.807, 2.05) is 56.2 Å². The first kappa shape index (κ1) is 26.8. The summed E-state index contributed by atoms with van der Waals surface area (Å²) in [6.07, 6.45) is 4.26. The molecule has 1 fully saturated rings. The number of carbonyl (C=O) groups is 1. The number of hydrogen-bond donors (Lipinski definition) is 2. The molecule has 1 saturated carbocycles. The van der Waals surface area contributed by atoms with Crippen LogP contribution in [0.4, 0.5) is 5.69 Å². The predicted molar refractivity (Wildman–Crippen MR) is 143 cm³/mol. The summed E-state index contributed by atoms with van der Waals surface area (Å²) >= 11 is 18.7. The summed E-state index contributed by atoms with van der Waals surface area (Å²) < 4.78 is 0. The fraction of sp³-hybridized carbons (Fsp3) is 0.462. The first-order valence-electron chi connectivity index (χ1n) is 12.0. The van der Waals surface area contributed by atoms with Crippen LogP contribution in [0.2, 0.25) is 15.1 Å². The van der Waals surface area contributed by atoms with E-state index in [1.54, 1.807) is 12.1 Å². The second-order valence-electron chi connectivity index (χ2n) is 8.87. The summed E-state index contributed by atoms with van der Waals surface area (Å²) in [5.74, 6) is 1.20. The first-order valence-corrected chi connectivity index (χ1v) is 13.2. The number of rotatable bonds is 6. The highest BCUT2D eigenvalue weighted by Gasteiger charge is 2.35. The standard InChI is InChI=1S/C24H27Cl3N4O.C2H6/c1-15-4-3-5-17(15)14-30(2)29-24(32)21-13-23(16-6-8-18(25)9-7-16)31(28-21)22-11-10-19(26)12-20(22)27;1-2/h6-12,15,17,23H,3-5,13-14H2,1-2H3,(H,29,32);1-2H3/p+1. The number of nitrogens with one attached hydrogen (secondary N) is 2. The van der Waals surface area contributed by atoms with E-state index in [2.05, 4.69) is 12.3 Å². The molecular formula is C26H34Cl3N4O+. The molecule has 8 heteroatoms. The molecule has 2 N–H and O–H groups in total. The van der Waals surface area contributed by atoms with E-state index < -0.39 is 0 Å². The predicted octanol–water partition coefficient (Wildman–Crippen LogP) is 5.96. The number of halogens is 3. The highest BCUT2D eigenvalue weighted by Crippen LogP contribution is 2.39. The molecule has 184 valence electrons. The molecule has 4 unspecified atom stereocenters. The summed E-state index contributed by atoms with van der Waals surface area (Å²) in [4.78, 5) is 13.1. The molecule has 4 rings (SSSR count). The Kier molecular flexibility index (Phi) is 9.66. The number of carbonyl (C=O) groups excluding carboxylic acids is 1. The van der Waals surface area contributed by atoms with Gasteiger partial charge in [-0.05, 0) is 48.2 Å². The van der Waals surface area contributed by atoms with Gasteiger partial charge < -0.3 is 0 Å². The average molecular weight is 525 g/mol. The number of benzene rings is 2. The highest BCUT2D eigenvalue weighted by molar-refractivity contribution is 6.40. The van der Waals surface area contributed by atoms with Crippen molar-refractivity contribution in [3.05, 3.63) is 63.1 Å². The van der Waals surface area contributed by atoms with Gasteiger partial charge in [0.1, 0.15) is 12.3 Å². The summed E-state index contributed by atoms with van der Waals surface area (Å²) in [5, 5.41) is 9.20. The molecule has 2 aromatic rings. The topological polar surface area (TPSA) is 49.1 Å². The van der Waals surface area contributed by atoms with Crippen molar-refractivity contribution in [3.8, 4) is 0 Å². The quantitative estimate of drug-likeness (QED) is 0.458. The molecule has 0 saturated heterocycles. The van der Waals surface area contributed by atoms with Crippen molar-refractivity contribution in [1.29, 1.82) is 0 Å². The molecule has 4 atom stereocenters. The van der Waals surface area contributed by atoms with Gasteiger partial charge in [0.15, 0.2) is 0 Å². The molecule has 1 aliphatic heterocycles. The van der Waals surface area contributed by atoms with Gasteiger partial charge in [0.25, 0.3) is 0 Å². The zero-order chi connectivity index (χ0) is 24.8. The van der Waals surface area contributed by atoms with Gasteiger partial charge in [0, 0.05) is 22.4 Å². The summed E-state index contributed by atoms with van der Waals surface area (Å²) in [7, 11) is 2.00. The van der Waals surface area contributed by atoms with Crippen molar-refractivity contribution in [1.82, 2.24) is 5.43 Å². The lowest BCUT2D eigenvalue weighted by molar-refractivity contribution is -0.919. The van der Waals surface area contributed by atoms with E-state index in [0.29, 0.717) is 44.7 Å². The van der Waals surface area contributed by atoms with Crippen LogP contribution in [0.1, 0.15) is 58.1 Å². The molecule has 34 heavy (non-hydrogen) atoms. The van der Waals surface area contributed by atoms with Crippen molar-refractivity contribution < 1.29 is 9.80 Å². The molecule has 5 nitrogen and oxygen atoms in total. The second-order valence-corrected chi connectivity index (χ2v) is 10.1. The maximum atomic E-state index is 13.1. The van der Waals surface area contributed by atoms with E-state index >= 15 is 0 Å². The fourth-order valence-electron chi connectivity index (χ4n) is 4.72. The monoisotopic (exact) mass is 523 g/mol. The van der Waals surface area contributed by atoms with Crippen LogP contribution in [-0.2, 0) is 4.79 Å². The minimum Gasteiger partial charge on any atom is -0.263 e. The average Bonchev–Trinajstić information content (AvgIpc) is 3.42. The van der Waals surface area contributed by atoms with Crippen molar-refractivity contribution in [2.24, 2.45) is 16.9 Å². The van der Waals surface area contributed by atoms with Crippen LogP contribution in [0.5, 0.6) is 0 Å². The van der Waals surface area contributed by atoms with Crippen molar-refractivity contribution >= 4 is 52.1 Å². The van der Waals surface area contributed by atoms with Gasteiger partial charge in [-0.15, -0.1) is 0 Å². The van der Waals surface area contributed by atoms with E-state index in [9.17, 15) is 4.79 Å². The zero-order valence-electron chi connectivity index (χ0n) is 20.2. The van der Waals surface area contributed by atoms with Crippen LogP contribution < -0.4 is 15.4 Å². The van der Waals surface area contributed by atoms with Gasteiger partial charge in [-0.1, -0.05) is 80.5 Å². The van der Waals surface area contributed by atoms with Crippen LogP contribution in [0.3, 0.4) is 0 Å². The number of nitrogens with zero attached hydrogens (tertiary/aromatic N) is 2. The SMILES string of the molecule is CC.CC1CCCC1C[NH+](C)NC(=O)C1=NN(c2ccc(Cl)cc2Cl)C(c2ccc(Cl)cc2)C1. The van der Waals surface area contributed by atoms with Crippen LogP contribution in [0.15, 0.2) is 47.6 Å². The summed E-state index contributed by atoms with van der Waals surface area (Å²) in [6, 6.07) is 12.7. The van der Waals surface area contributed by atoms with Gasteiger partial charge in [0.2, 0.25) is 0 Å². The van der Waals surface area contributed by atoms with Gasteiger partial charge in [-0.3, -0.25) is 9.80 Å². The number of hydrogen-bond acceptors (Lipinski definition) is 3. The normalized spacial score (nSPS) is 22.6. The Morgan fingerprint density at radius 2 is 1.76 bits per heavy atom. The maximum absolute atomic E-state index is 13.1. The van der Waals surface area contributed by atoms with Crippen molar-refractivity contribution in [2.45, 2.75) is 52.5 Å². The van der Waals surface area contributed by atoms with Crippen molar-refractivity contribution in [3.63, 3.8) is 0 Å². The van der Waals surface area contributed by atoms with Gasteiger partial charge in [-0.25, -0.2) is 5.01 Å². The fourth-order valence-corrected chi connectivity index (χ4v) is 5.34. The molecule has 1 amide bonds. The molecule has 0 radical (unpaired) electrons. The summed E-state index contributed by atoms with van der Waals surface area (Å²) in [6.45, 7) is 7.23. The largest absolute Gasteiger partial charge is 0.312 e. The molecule has 1 heterocycles. The number of amides is 1. The van der Waals surface area contributed by atoms with E-state index in [0.717, 1.165) is 17.1 Å². The minimum absolute atomic E-state index is 0.153. The molecule has 1 aliphatic carbocycles. The van der Waals surface area contributed by atoms with Crippen LogP contribution >= 0.6 is 34.8 Å². The summed E-state index contributed by atoms with van der Waals surface area (Å²) in [5.41, 5.74) is 5.29. The number of anilines is 1. The van der Waals surface area contributed by atoms with Gasteiger partial charge in [0.05, 0.1) is 23.8 Å². The van der Waals surface area contributed by atoms with Crippen molar-refractivity contribution in [2.75, 3.05) is 18.6 Å². The third kappa shape index (κ3) is 6.45. The van der Waals surface area contributed by atoms with E-state index in [1.165, 1.54) is 19.3 Å². The Morgan fingerprint density at radius 3 is 2.38 bits per heavy atom. The smallest absolute Gasteiger partial charge is 0.263 e. The molecule has 2 aromatic carbocycles. The van der Waals surface area contributed by atoms with Crippen LogP contribution in [0, 0.1) is 11.8 Å². The van der Waals surface area contributed by atoms with Crippen LogP contribution in [-0.4, -0.2) is 25.2 Å². The Balaban J connectivity index is 0.00000158. The highest BCUT2D eigenvalue weighted by atomic mass is 35.5. The molecule has 0 spiro atoms. The third-order valence-corrected chi connectivity index (χ3v) is 7.31. The lowest BCUT2D eigenvalue weighted by Gasteiger charge is -2.25. The first-order chi connectivity index (χ1) is 16.3. The molecule has 2 aliphatic rings. The van der Waals surface area contributed by atoms with Crippen LogP contribution in [0.25, 0.3) is 0 Å². The number of quaternary nitrogens is 1. The van der Waals surface area contributed by atoms with Gasteiger partial charge in [-0.2, -0.15) is 10.5 Å². The Labute approximate surface area is 218 Å². The minimum atomic E-state index is -0.165. The lowest BCUT2D eigenvalue weighted by Crippen LogP contribution is -3.17. The Bertz CT molecular complexity index is 1010. The molecule has 0 bridgehead atoms.